The van der Waals surface area contributed by atoms with Crippen LogP contribution in [-0.4, -0.2) is 39.0 Å². The van der Waals surface area contributed by atoms with Crippen LogP contribution in [0.4, 0.5) is 0 Å². The number of hydrogen-bond acceptors (Lipinski definition) is 3. The number of nitrogens with zero attached hydrogens (tertiary/aromatic N) is 1. The molecule has 0 unspecified atom stereocenters. The normalized spacial score (nSPS) is 18.6. The summed E-state index contributed by atoms with van der Waals surface area (Å²) in [6.45, 7) is 0.757. The van der Waals surface area contributed by atoms with E-state index >= 15 is 0 Å². The fourth-order valence-corrected chi connectivity index (χ4v) is 2.02. The van der Waals surface area contributed by atoms with E-state index in [-0.39, 0.29) is 6.04 Å². The maximum atomic E-state index is 11.0. The average molecular weight is 194 g/mol. The first kappa shape index (κ1) is 9.91. The molecule has 72 valence electrons. The first-order chi connectivity index (χ1) is 5.55. The van der Waals surface area contributed by atoms with Gasteiger partial charge < -0.3 is 4.74 Å². The topological polar surface area (TPSA) is 72.6 Å². The van der Waals surface area contributed by atoms with Crippen molar-refractivity contribution < 1.29 is 13.2 Å². The molecule has 0 aromatic heterocycles. The van der Waals surface area contributed by atoms with Crippen molar-refractivity contribution in [3.63, 3.8) is 0 Å². The number of nitrogens with two attached hydrogens (primary N) is 1. The van der Waals surface area contributed by atoms with E-state index in [1.54, 1.807) is 0 Å². The molecule has 1 saturated carbocycles. The van der Waals surface area contributed by atoms with Gasteiger partial charge in [0.25, 0.3) is 10.2 Å². The van der Waals surface area contributed by atoms with Crippen molar-refractivity contribution in [1.29, 1.82) is 0 Å². The maximum Gasteiger partial charge on any atom is 0.277 e. The molecule has 0 atom stereocenters. The Balaban J connectivity index is 2.49. The van der Waals surface area contributed by atoms with E-state index in [1.807, 2.05) is 0 Å². The van der Waals surface area contributed by atoms with Crippen LogP contribution in [0.25, 0.3) is 0 Å². The lowest BCUT2D eigenvalue weighted by atomic mass is 10.6. The highest BCUT2D eigenvalue weighted by Gasteiger charge is 2.34. The Labute approximate surface area is 72.7 Å². The van der Waals surface area contributed by atoms with E-state index in [0.717, 1.165) is 12.8 Å². The summed E-state index contributed by atoms with van der Waals surface area (Å²) in [7, 11) is -1.98. The third-order valence-electron chi connectivity index (χ3n) is 1.80. The number of hydrogen-bond donors (Lipinski definition) is 1. The fraction of sp³-hybridized carbons (Fsp3) is 1.00. The quantitative estimate of drug-likeness (QED) is 0.629. The second-order valence-electron chi connectivity index (χ2n) is 2.88. The van der Waals surface area contributed by atoms with E-state index < -0.39 is 10.2 Å². The monoisotopic (exact) mass is 194 g/mol. The van der Waals surface area contributed by atoms with Gasteiger partial charge in [-0.05, 0) is 12.8 Å². The molecule has 0 aliphatic heterocycles. The van der Waals surface area contributed by atoms with E-state index in [2.05, 4.69) is 0 Å². The molecule has 12 heavy (non-hydrogen) atoms. The van der Waals surface area contributed by atoms with Gasteiger partial charge in [0.2, 0.25) is 0 Å². The second kappa shape index (κ2) is 3.69. The average Bonchev–Trinajstić information content (AvgIpc) is 2.69. The summed E-state index contributed by atoms with van der Waals surface area (Å²) in [4.78, 5) is 0. The van der Waals surface area contributed by atoms with Crippen LogP contribution in [0.5, 0.6) is 0 Å². The summed E-state index contributed by atoms with van der Waals surface area (Å²) in [5, 5.41) is 5.00. The molecule has 0 amide bonds. The van der Waals surface area contributed by atoms with Crippen LogP contribution < -0.4 is 5.14 Å². The third-order valence-corrected chi connectivity index (χ3v) is 2.93. The Morgan fingerprint density at radius 1 is 1.58 bits per heavy atom. The Hall–Kier alpha value is -0.170. The summed E-state index contributed by atoms with van der Waals surface area (Å²) >= 11 is 0. The van der Waals surface area contributed by atoms with Crippen molar-refractivity contribution in [1.82, 2.24) is 4.31 Å². The largest absolute Gasteiger partial charge is 0.383 e. The molecule has 0 aromatic carbocycles. The molecule has 1 fully saturated rings. The van der Waals surface area contributed by atoms with Gasteiger partial charge in [-0.25, -0.2) is 5.14 Å². The second-order valence-corrected chi connectivity index (χ2v) is 4.38. The third kappa shape index (κ3) is 2.71. The lowest BCUT2D eigenvalue weighted by molar-refractivity contribution is 0.177. The fourth-order valence-electron chi connectivity index (χ4n) is 1.06. The molecular formula is C6H14N2O3S. The maximum absolute atomic E-state index is 11.0. The summed E-state index contributed by atoms with van der Waals surface area (Å²) in [6.07, 6.45) is 1.83. The van der Waals surface area contributed by atoms with Crippen LogP contribution in [0.2, 0.25) is 0 Å². The first-order valence-electron chi connectivity index (χ1n) is 3.84. The van der Waals surface area contributed by atoms with Gasteiger partial charge in [-0.1, -0.05) is 0 Å². The van der Waals surface area contributed by atoms with Crippen molar-refractivity contribution in [2.75, 3.05) is 20.3 Å². The van der Waals surface area contributed by atoms with Gasteiger partial charge in [-0.15, -0.1) is 0 Å². The van der Waals surface area contributed by atoms with Crippen LogP contribution in [0, 0.1) is 0 Å². The van der Waals surface area contributed by atoms with E-state index in [0.29, 0.717) is 13.2 Å². The molecule has 1 aliphatic rings. The first-order valence-corrected chi connectivity index (χ1v) is 5.34. The zero-order valence-electron chi connectivity index (χ0n) is 7.06. The molecule has 5 nitrogen and oxygen atoms in total. The van der Waals surface area contributed by atoms with Gasteiger partial charge in [-0.2, -0.15) is 12.7 Å². The van der Waals surface area contributed by atoms with E-state index in [9.17, 15) is 8.42 Å². The Morgan fingerprint density at radius 3 is 2.50 bits per heavy atom. The van der Waals surface area contributed by atoms with Gasteiger partial charge in [0, 0.05) is 19.7 Å². The predicted molar refractivity (Wildman–Crippen MR) is 44.7 cm³/mol. The molecule has 0 saturated heterocycles. The SMILES string of the molecule is COCCN(C1CC1)S(N)(=O)=O. The molecular weight excluding hydrogens is 180 g/mol. The minimum atomic E-state index is -3.52. The molecule has 0 radical (unpaired) electrons. The van der Waals surface area contributed by atoms with Crippen LogP contribution in [0.1, 0.15) is 12.8 Å². The van der Waals surface area contributed by atoms with Gasteiger partial charge in [-0.3, -0.25) is 0 Å². The van der Waals surface area contributed by atoms with E-state index in [1.165, 1.54) is 11.4 Å². The van der Waals surface area contributed by atoms with Gasteiger partial charge in [0.15, 0.2) is 0 Å². The van der Waals surface area contributed by atoms with Gasteiger partial charge >= 0.3 is 0 Å². The Kier molecular flexibility index (Phi) is 3.05. The van der Waals surface area contributed by atoms with Crippen LogP contribution in [0.15, 0.2) is 0 Å². The zero-order chi connectivity index (χ0) is 9.19. The molecule has 0 spiro atoms. The minimum absolute atomic E-state index is 0.121. The lowest BCUT2D eigenvalue weighted by Gasteiger charge is -2.17. The Morgan fingerprint density at radius 2 is 2.17 bits per heavy atom. The van der Waals surface area contributed by atoms with Crippen LogP contribution in [-0.2, 0) is 14.9 Å². The van der Waals surface area contributed by atoms with Crippen molar-refractivity contribution in [3.8, 4) is 0 Å². The molecule has 0 aromatic rings. The molecule has 0 bridgehead atoms. The highest BCUT2D eigenvalue weighted by molar-refractivity contribution is 7.86. The highest BCUT2D eigenvalue weighted by Crippen LogP contribution is 2.27. The molecule has 1 rings (SSSR count). The van der Waals surface area contributed by atoms with Crippen LogP contribution in [0.3, 0.4) is 0 Å². The zero-order valence-corrected chi connectivity index (χ0v) is 7.88. The van der Waals surface area contributed by atoms with Crippen LogP contribution >= 0.6 is 0 Å². The smallest absolute Gasteiger partial charge is 0.277 e. The van der Waals surface area contributed by atoms with Crippen molar-refractivity contribution >= 4 is 10.2 Å². The lowest BCUT2D eigenvalue weighted by Crippen LogP contribution is -2.40. The summed E-state index contributed by atoms with van der Waals surface area (Å²) in [6, 6.07) is 0.121. The minimum Gasteiger partial charge on any atom is -0.383 e. The highest BCUT2D eigenvalue weighted by atomic mass is 32.2. The van der Waals surface area contributed by atoms with Crippen molar-refractivity contribution in [2.45, 2.75) is 18.9 Å². The number of ether oxygens (including phenoxy) is 1. The molecule has 2 N–H and O–H groups in total. The standard InChI is InChI=1S/C6H14N2O3S/c1-11-5-4-8(6-2-3-6)12(7,9)10/h6H,2-5H2,1H3,(H2,7,9,10). The van der Waals surface area contributed by atoms with E-state index in [4.69, 9.17) is 9.88 Å². The Bertz CT molecular complexity index is 235. The summed E-state index contributed by atoms with van der Waals surface area (Å²) in [5.41, 5.74) is 0. The number of methoxy groups -OCH3 is 1. The molecule has 6 heteroatoms. The summed E-state index contributed by atoms with van der Waals surface area (Å²) in [5.74, 6) is 0. The molecule has 1 aliphatic carbocycles. The molecule has 0 heterocycles. The van der Waals surface area contributed by atoms with Gasteiger partial charge in [0.05, 0.1) is 6.61 Å². The van der Waals surface area contributed by atoms with Gasteiger partial charge in [0.1, 0.15) is 0 Å². The number of rotatable bonds is 5. The summed E-state index contributed by atoms with van der Waals surface area (Å²) < 4.78 is 28.0. The van der Waals surface area contributed by atoms with Crippen molar-refractivity contribution in [3.05, 3.63) is 0 Å². The predicted octanol–water partition coefficient (Wildman–Crippen LogP) is -0.699. The van der Waals surface area contributed by atoms with Crippen molar-refractivity contribution in [2.24, 2.45) is 5.14 Å².